The molecule has 0 fully saturated rings. The molecule has 0 radical (unpaired) electrons. The number of hydrogen-bond donors (Lipinski definition) is 2. The summed E-state index contributed by atoms with van der Waals surface area (Å²) >= 11 is 1.27. The fourth-order valence-electron chi connectivity index (χ4n) is 3.14. The van der Waals surface area contributed by atoms with Crippen LogP contribution in [0.2, 0.25) is 0 Å². The summed E-state index contributed by atoms with van der Waals surface area (Å²) in [6, 6.07) is 11.3. The van der Waals surface area contributed by atoms with Gasteiger partial charge in [-0.05, 0) is 25.8 Å². The lowest BCUT2D eigenvalue weighted by molar-refractivity contribution is 0.0849. The van der Waals surface area contributed by atoms with E-state index in [0.29, 0.717) is 38.6 Å². The molecule has 3 aromatic heterocycles. The minimum absolute atomic E-state index is 0.0900. The smallest absolute Gasteiger partial charge is 0.281 e. The second kappa shape index (κ2) is 8.27. The van der Waals surface area contributed by atoms with Crippen molar-refractivity contribution in [3.8, 4) is 10.6 Å². The van der Waals surface area contributed by atoms with Crippen LogP contribution in [-0.2, 0) is 0 Å². The molecule has 0 saturated carbocycles. The lowest BCUT2D eigenvalue weighted by Crippen LogP contribution is -2.41. The van der Waals surface area contributed by atoms with Crippen LogP contribution in [-0.4, -0.2) is 26.9 Å². The van der Waals surface area contributed by atoms with Crippen molar-refractivity contribution in [2.75, 3.05) is 0 Å². The molecule has 0 aliphatic rings. The first-order chi connectivity index (χ1) is 14.8. The van der Waals surface area contributed by atoms with Crippen molar-refractivity contribution >= 4 is 34.3 Å². The third-order valence-electron chi connectivity index (χ3n) is 4.79. The maximum atomic E-state index is 12.9. The van der Waals surface area contributed by atoms with Gasteiger partial charge in [-0.1, -0.05) is 49.3 Å². The predicted octanol–water partition coefficient (Wildman–Crippen LogP) is 4.16. The number of pyridine rings is 1. The Balaban J connectivity index is 1.55. The minimum atomic E-state index is -0.473. The normalized spacial score (nSPS) is 11.1. The second-order valence-corrected chi connectivity index (χ2v) is 8.40. The maximum absolute atomic E-state index is 12.9. The number of amides is 2. The average Bonchev–Trinajstić information content (AvgIpc) is 3.34. The summed E-state index contributed by atoms with van der Waals surface area (Å²) in [4.78, 5) is 34.9. The molecule has 0 unspecified atom stereocenters. The number of hydrogen-bond acceptors (Lipinski definition) is 7. The van der Waals surface area contributed by atoms with Crippen molar-refractivity contribution in [3.05, 3.63) is 63.9 Å². The molecule has 1 aromatic carbocycles. The van der Waals surface area contributed by atoms with Crippen LogP contribution < -0.4 is 10.9 Å². The van der Waals surface area contributed by atoms with Crippen molar-refractivity contribution < 1.29 is 14.1 Å². The highest BCUT2D eigenvalue weighted by atomic mass is 32.1. The van der Waals surface area contributed by atoms with E-state index in [1.54, 1.807) is 19.9 Å². The molecule has 2 amide bonds. The number of aryl methyl sites for hydroxylation is 2. The summed E-state index contributed by atoms with van der Waals surface area (Å²) in [7, 11) is 0. The first-order valence-corrected chi connectivity index (χ1v) is 10.6. The van der Waals surface area contributed by atoms with E-state index < -0.39 is 11.8 Å². The molecule has 4 rings (SSSR count). The van der Waals surface area contributed by atoms with Gasteiger partial charge in [-0.3, -0.25) is 20.4 Å². The molecule has 9 heteroatoms. The van der Waals surface area contributed by atoms with Gasteiger partial charge in [-0.25, -0.2) is 9.97 Å². The molecular formula is C22H21N5O3S. The molecule has 0 aliphatic carbocycles. The summed E-state index contributed by atoms with van der Waals surface area (Å²) in [6.07, 6.45) is 0. The first kappa shape index (κ1) is 20.7. The number of nitrogens with zero attached hydrogens (tertiary/aromatic N) is 3. The first-order valence-electron chi connectivity index (χ1n) is 9.75. The van der Waals surface area contributed by atoms with Gasteiger partial charge in [-0.2, -0.15) is 0 Å². The topological polar surface area (TPSA) is 110 Å². The van der Waals surface area contributed by atoms with Gasteiger partial charge in [0.2, 0.25) is 0 Å². The van der Waals surface area contributed by atoms with Gasteiger partial charge in [0.15, 0.2) is 0 Å². The van der Waals surface area contributed by atoms with E-state index in [9.17, 15) is 9.59 Å². The maximum Gasteiger partial charge on any atom is 0.281 e. The Morgan fingerprint density at radius 3 is 2.42 bits per heavy atom. The molecule has 2 N–H and O–H groups in total. The number of fused-ring (bicyclic) bond motifs is 1. The standard InChI is InChI=1S/C22H21N5O3S/c1-11(2)16-10-15(17-12(3)27-30-21(17)24-16)19(28)25-26-20(29)18-13(4)23-22(31-18)14-8-6-5-7-9-14/h5-11H,1-4H3,(H,25,28)(H,26,29). The van der Waals surface area contributed by atoms with Crippen molar-refractivity contribution in [3.63, 3.8) is 0 Å². The van der Waals surface area contributed by atoms with E-state index in [0.717, 1.165) is 10.6 Å². The van der Waals surface area contributed by atoms with Gasteiger partial charge in [0.1, 0.15) is 9.88 Å². The zero-order valence-electron chi connectivity index (χ0n) is 17.5. The lowest BCUT2D eigenvalue weighted by atomic mass is 10.0. The molecule has 0 aliphatic heterocycles. The van der Waals surface area contributed by atoms with Crippen LogP contribution in [0.4, 0.5) is 0 Å². The lowest BCUT2D eigenvalue weighted by Gasteiger charge is -2.10. The third kappa shape index (κ3) is 4.04. The van der Waals surface area contributed by atoms with Crippen LogP contribution in [0.3, 0.4) is 0 Å². The highest BCUT2D eigenvalue weighted by Crippen LogP contribution is 2.28. The molecule has 0 spiro atoms. The molecule has 8 nitrogen and oxygen atoms in total. The molecule has 158 valence electrons. The Morgan fingerprint density at radius 1 is 1.00 bits per heavy atom. The van der Waals surface area contributed by atoms with E-state index >= 15 is 0 Å². The van der Waals surface area contributed by atoms with Crippen molar-refractivity contribution in [1.29, 1.82) is 0 Å². The second-order valence-electron chi connectivity index (χ2n) is 7.41. The highest BCUT2D eigenvalue weighted by Gasteiger charge is 2.21. The molecule has 31 heavy (non-hydrogen) atoms. The van der Waals surface area contributed by atoms with Crippen LogP contribution >= 0.6 is 11.3 Å². The predicted molar refractivity (Wildman–Crippen MR) is 118 cm³/mol. The van der Waals surface area contributed by atoms with Crippen LogP contribution in [0, 0.1) is 13.8 Å². The van der Waals surface area contributed by atoms with Gasteiger partial charge in [0.05, 0.1) is 22.3 Å². The van der Waals surface area contributed by atoms with Crippen LogP contribution in [0.15, 0.2) is 40.9 Å². The minimum Gasteiger partial charge on any atom is -0.336 e. The Kier molecular flexibility index (Phi) is 5.51. The number of carbonyl (C=O) groups excluding carboxylic acids is 2. The number of benzene rings is 1. The monoisotopic (exact) mass is 435 g/mol. The number of thiazole rings is 1. The summed E-state index contributed by atoms with van der Waals surface area (Å²) < 4.78 is 5.25. The zero-order valence-corrected chi connectivity index (χ0v) is 18.3. The van der Waals surface area contributed by atoms with Crippen molar-refractivity contribution in [1.82, 2.24) is 26.0 Å². The Hall–Kier alpha value is -3.59. The number of carbonyl (C=O) groups is 2. The molecule has 3 heterocycles. The van der Waals surface area contributed by atoms with Gasteiger partial charge in [0, 0.05) is 11.3 Å². The molecule has 4 aromatic rings. The number of aromatic nitrogens is 3. The van der Waals surface area contributed by atoms with Crippen LogP contribution in [0.25, 0.3) is 21.7 Å². The largest absolute Gasteiger partial charge is 0.336 e. The molecule has 0 bridgehead atoms. The van der Waals surface area contributed by atoms with Gasteiger partial charge >= 0.3 is 0 Å². The van der Waals surface area contributed by atoms with E-state index in [1.807, 2.05) is 44.2 Å². The molecular weight excluding hydrogens is 414 g/mol. The van der Waals surface area contributed by atoms with E-state index in [1.165, 1.54) is 11.3 Å². The summed E-state index contributed by atoms with van der Waals surface area (Å²) in [5, 5.41) is 5.18. The zero-order chi connectivity index (χ0) is 22.1. The summed E-state index contributed by atoms with van der Waals surface area (Å²) in [5.41, 5.74) is 8.41. The summed E-state index contributed by atoms with van der Waals surface area (Å²) in [5.74, 6) is -0.812. The summed E-state index contributed by atoms with van der Waals surface area (Å²) in [6.45, 7) is 7.45. The van der Waals surface area contributed by atoms with E-state index in [-0.39, 0.29) is 5.92 Å². The fraction of sp³-hybridized carbons (Fsp3) is 0.227. The average molecular weight is 436 g/mol. The quantitative estimate of drug-likeness (QED) is 0.466. The third-order valence-corrected chi connectivity index (χ3v) is 5.99. The van der Waals surface area contributed by atoms with Crippen LogP contribution in [0.1, 0.15) is 56.9 Å². The number of rotatable bonds is 4. The fourth-order valence-corrected chi connectivity index (χ4v) is 4.10. The van der Waals surface area contributed by atoms with Crippen molar-refractivity contribution in [2.45, 2.75) is 33.6 Å². The highest BCUT2D eigenvalue weighted by molar-refractivity contribution is 7.17. The molecule has 0 saturated heterocycles. The Morgan fingerprint density at radius 2 is 1.71 bits per heavy atom. The van der Waals surface area contributed by atoms with Gasteiger partial charge < -0.3 is 4.52 Å². The Bertz CT molecular complexity index is 1280. The number of hydrazine groups is 1. The van der Waals surface area contributed by atoms with E-state index in [2.05, 4.69) is 26.0 Å². The van der Waals surface area contributed by atoms with E-state index in [4.69, 9.17) is 4.52 Å². The number of nitrogens with one attached hydrogen (secondary N) is 2. The molecule has 0 atom stereocenters. The van der Waals surface area contributed by atoms with Gasteiger partial charge in [0.25, 0.3) is 17.5 Å². The van der Waals surface area contributed by atoms with Gasteiger partial charge in [-0.15, -0.1) is 11.3 Å². The Labute approximate surface area is 182 Å². The SMILES string of the molecule is Cc1nc(-c2ccccc2)sc1C(=O)NNC(=O)c1cc(C(C)C)nc2onc(C)c12. The van der Waals surface area contributed by atoms with Crippen molar-refractivity contribution in [2.24, 2.45) is 0 Å². The van der Waals surface area contributed by atoms with Crippen LogP contribution in [0.5, 0.6) is 0 Å².